The fourth-order valence-corrected chi connectivity index (χ4v) is 3.74. The van der Waals surface area contributed by atoms with Crippen molar-refractivity contribution in [2.45, 2.75) is 27.3 Å². The van der Waals surface area contributed by atoms with E-state index in [1.807, 2.05) is 26.0 Å². The molecule has 9 heteroatoms. The van der Waals surface area contributed by atoms with Gasteiger partial charge in [-0.2, -0.15) is 5.26 Å². The number of carbonyl (C=O) groups excluding carboxylic acids is 2. The van der Waals surface area contributed by atoms with Crippen molar-refractivity contribution >= 4 is 29.0 Å². The van der Waals surface area contributed by atoms with Gasteiger partial charge in [-0.3, -0.25) is 9.59 Å². The number of nitrogens with two attached hydrogens (primary N) is 1. The summed E-state index contributed by atoms with van der Waals surface area (Å²) < 4.78 is 3.79. The minimum absolute atomic E-state index is 0.133. The summed E-state index contributed by atoms with van der Waals surface area (Å²) in [7, 11) is 0. The Hall–Kier alpha value is -3.61. The van der Waals surface area contributed by atoms with Crippen LogP contribution in [0.4, 0.5) is 5.69 Å². The van der Waals surface area contributed by atoms with Gasteiger partial charge in [-0.05, 0) is 72.4 Å². The van der Waals surface area contributed by atoms with Gasteiger partial charge in [0.25, 0.3) is 11.8 Å². The first-order valence-electron chi connectivity index (χ1n) is 10.4. The Kier molecular flexibility index (Phi) is 7.53. The predicted octanol–water partition coefficient (Wildman–Crippen LogP) is 3.60. The van der Waals surface area contributed by atoms with E-state index in [2.05, 4.69) is 21.0 Å². The number of nitrogens with zero attached hydrogens (tertiary/aromatic N) is 4. The lowest BCUT2D eigenvalue weighted by Gasteiger charge is -2.32. The predicted molar refractivity (Wildman–Crippen MR) is 128 cm³/mol. The molecule has 3 aromatic rings. The van der Waals surface area contributed by atoms with Crippen LogP contribution in [0.3, 0.4) is 0 Å². The molecule has 1 heterocycles. The van der Waals surface area contributed by atoms with Gasteiger partial charge in [0.15, 0.2) is 0 Å². The minimum atomic E-state index is -0.267. The normalized spacial score (nSPS) is 11.0. The average molecular weight is 463 g/mol. The van der Waals surface area contributed by atoms with Crippen LogP contribution in [0.15, 0.2) is 48.5 Å². The number of nitrogens with one attached hydrogen (secondary N) is 1. The second-order valence-corrected chi connectivity index (χ2v) is 9.31. The molecule has 3 rings (SSSR count). The zero-order chi connectivity index (χ0) is 24.0. The Morgan fingerprint density at radius 3 is 2.36 bits per heavy atom. The highest BCUT2D eigenvalue weighted by atomic mass is 32.1. The second kappa shape index (κ2) is 10.3. The number of hydrogen-bond acceptors (Lipinski definition) is 7. The molecule has 1 aromatic heterocycles. The van der Waals surface area contributed by atoms with Crippen LogP contribution in [0.2, 0.25) is 0 Å². The van der Waals surface area contributed by atoms with Crippen molar-refractivity contribution in [1.29, 1.82) is 5.26 Å². The minimum Gasteiger partial charge on any atom is -0.334 e. The van der Waals surface area contributed by atoms with E-state index >= 15 is 0 Å². The van der Waals surface area contributed by atoms with E-state index in [1.54, 1.807) is 48.2 Å². The Morgan fingerprint density at radius 2 is 1.82 bits per heavy atom. The summed E-state index contributed by atoms with van der Waals surface area (Å²) in [4.78, 5) is 27.9. The summed E-state index contributed by atoms with van der Waals surface area (Å²) in [6.07, 6.45) is 0. The van der Waals surface area contributed by atoms with Gasteiger partial charge in [0.05, 0.1) is 17.3 Å². The van der Waals surface area contributed by atoms with Crippen LogP contribution < -0.4 is 11.1 Å². The number of anilines is 1. The smallest absolute Gasteiger partial charge is 0.269 e. The summed E-state index contributed by atoms with van der Waals surface area (Å²) >= 11 is 1.05. The molecular formula is C24H26N6O2S. The summed E-state index contributed by atoms with van der Waals surface area (Å²) in [5.41, 5.74) is 8.82. The highest BCUT2D eigenvalue weighted by Gasteiger charge is 2.25. The fourth-order valence-electron chi connectivity index (χ4n) is 3.19. The summed E-state index contributed by atoms with van der Waals surface area (Å²) in [5.74, 6) is -0.385. The molecule has 8 nitrogen and oxygen atoms in total. The molecule has 0 fully saturated rings. The van der Waals surface area contributed by atoms with Gasteiger partial charge in [0, 0.05) is 24.3 Å². The molecule has 2 amide bonds. The van der Waals surface area contributed by atoms with Gasteiger partial charge in [0.1, 0.15) is 4.88 Å². The lowest BCUT2D eigenvalue weighted by Crippen LogP contribution is -2.41. The number of hydrogen-bond donors (Lipinski definition) is 2. The third-order valence-electron chi connectivity index (χ3n) is 5.16. The number of carbonyl (C=O) groups is 2. The molecule has 2 aromatic carbocycles. The zero-order valence-corrected chi connectivity index (χ0v) is 19.6. The van der Waals surface area contributed by atoms with Crippen LogP contribution in [0.1, 0.15) is 50.7 Å². The van der Waals surface area contributed by atoms with Crippen molar-refractivity contribution in [2.24, 2.45) is 11.1 Å². The second-order valence-electron chi connectivity index (χ2n) is 8.56. The molecule has 0 saturated carbocycles. The van der Waals surface area contributed by atoms with E-state index < -0.39 is 0 Å². The van der Waals surface area contributed by atoms with E-state index in [9.17, 15) is 9.59 Å². The third kappa shape index (κ3) is 6.22. The van der Waals surface area contributed by atoms with Crippen molar-refractivity contribution in [3.8, 4) is 6.07 Å². The number of rotatable bonds is 8. The molecule has 0 unspecified atom stereocenters. The van der Waals surface area contributed by atoms with E-state index in [0.29, 0.717) is 47.0 Å². The number of amides is 2. The highest BCUT2D eigenvalue weighted by molar-refractivity contribution is 7.08. The Morgan fingerprint density at radius 1 is 1.15 bits per heavy atom. The molecule has 0 spiro atoms. The molecule has 0 aliphatic heterocycles. The Balaban J connectivity index is 1.76. The standard InChI is InChI=1S/C24H26N6O2S/c1-16-21(33-29-28-16)22(31)27-20-10-6-18(7-11-20)13-30(15-24(2,3)14-26)23(32)19-8-4-17(12-25)5-9-19/h4-11H,13-15,26H2,1-3H3,(H,27,31). The highest BCUT2D eigenvalue weighted by Crippen LogP contribution is 2.21. The Labute approximate surface area is 197 Å². The van der Waals surface area contributed by atoms with E-state index in [0.717, 1.165) is 17.1 Å². The van der Waals surface area contributed by atoms with Crippen molar-refractivity contribution < 1.29 is 9.59 Å². The van der Waals surface area contributed by atoms with E-state index in [1.165, 1.54) is 0 Å². The quantitative estimate of drug-likeness (QED) is 0.527. The van der Waals surface area contributed by atoms with Crippen LogP contribution in [0.5, 0.6) is 0 Å². The van der Waals surface area contributed by atoms with Crippen LogP contribution >= 0.6 is 11.5 Å². The molecule has 33 heavy (non-hydrogen) atoms. The molecular weight excluding hydrogens is 436 g/mol. The van der Waals surface area contributed by atoms with Crippen molar-refractivity contribution in [1.82, 2.24) is 14.5 Å². The first-order valence-corrected chi connectivity index (χ1v) is 11.2. The maximum atomic E-state index is 13.3. The van der Waals surface area contributed by atoms with Crippen molar-refractivity contribution in [2.75, 3.05) is 18.4 Å². The fraction of sp³-hybridized carbons (Fsp3) is 0.292. The SMILES string of the molecule is Cc1nnsc1C(=O)Nc1ccc(CN(CC(C)(C)CN)C(=O)c2ccc(C#N)cc2)cc1. The average Bonchev–Trinajstić information content (AvgIpc) is 3.25. The van der Waals surface area contributed by atoms with Crippen molar-refractivity contribution in [3.05, 3.63) is 75.8 Å². The van der Waals surface area contributed by atoms with E-state index in [4.69, 9.17) is 11.0 Å². The van der Waals surface area contributed by atoms with Crippen molar-refractivity contribution in [3.63, 3.8) is 0 Å². The van der Waals surface area contributed by atoms with Crippen LogP contribution in [-0.2, 0) is 6.54 Å². The number of aryl methyl sites for hydroxylation is 1. The third-order valence-corrected chi connectivity index (χ3v) is 5.99. The van der Waals surface area contributed by atoms with Gasteiger partial charge in [-0.25, -0.2) is 0 Å². The first kappa shape index (κ1) is 24.0. The Bertz CT molecular complexity index is 1160. The molecule has 0 bridgehead atoms. The molecule has 170 valence electrons. The molecule has 0 aliphatic rings. The van der Waals surface area contributed by atoms with Gasteiger partial charge in [-0.15, -0.1) is 5.10 Å². The van der Waals surface area contributed by atoms with Crippen LogP contribution in [0, 0.1) is 23.7 Å². The molecule has 0 aliphatic carbocycles. The largest absolute Gasteiger partial charge is 0.334 e. The van der Waals surface area contributed by atoms with Gasteiger partial charge < -0.3 is 16.0 Å². The topological polar surface area (TPSA) is 125 Å². The molecule has 3 N–H and O–H groups in total. The number of nitriles is 1. The molecule has 0 saturated heterocycles. The summed E-state index contributed by atoms with van der Waals surface area (Å²) in [6.45, 7) is 7.06. The van der Waals surface area contributed by atoms with Gasteiger partial charge >= 0.3 is 0 Å². The monoisotopic (exact) mass is 462 g/mol. The number of aromatic nitrogens is 2. The van der Waals surface area contributed by atoms with E-state index in [-0.39, 0.29) is 17.2 Å². The summed E-state index contributed by atoms with van der Waals surface area (Å²) in [5, 5.41) is 15.7. The number of benzene rings is 2. The molecule has 0 atom stereocenters. The summed E-state index contributed by atoms with van der Waals surface area (Å²) in [6, 6.07) is 16.0. The maximum Gasteiger partial charge on any atom is 0.269 e. The van der Waals surface area contributed by atoms with Gasteiger partial charge in [0.2, 0.25) is 0 Å². The maximum absolute atomic E-state index is 13.3. The lowest BCUT2D eigenvalue weighted by molar-refractivity contribution is 0.0673. The first-order chi connectivity index (χ1) is 15.7. The zero-order valence-electron chi connectivity index (χ0n) is 18.8. The van der Waals surface area contributed by atoms with Crippen LogP contribution in [-0.4, -0.2) is 39.4 Å². The lowest BCUT2D eigenvalue weighted by atomic mass is 9.92. The van der Waals surface area contributed by atoms with Gasteiger partial charge in [-0.1, -0.05) is 30.5 Å². The van der Waals surface area contributed by atoms with Crippen LogP contribution in [0.25, 0.3) is 0 Å². The molecule has 0 radical (unpaired) electrons.